The molecule has 222 valence electrons. The highest BCUT2D eigenvalue weighted by molar-refractivity contribution is 7.22. The van der Waals surface area contributed by atoms with E-state index in [0.29, 0.717) is 21.8 Å². The fourth-order valence-corrected chi connectivity index (χ4v) is 6.26. The largest absolute Gasteiger partial charge is 0.338 e. The first-order valence-corrected chi connectivity index (χ1v) is 14.1. The molecule has 0 saturated carbocycles. The summed E-state index contributed by atoms with van der Waals surface area (Å²) >= 11 is 1.10. The molecule has 0 radical (unpaired) electrons. The third-order valence-corrected chi connectivity index (χ3v) is 8.26. The molecule has 0 aliphatic carbocycles. The van der Waals surface area contributed by atoms with Crippen molar-refractivity contribution >= 4 is 27.2 Å². The van der Waals surface area contributed by atoms with E-state index < -0.39 is 34.4 Å². The topological polar surface area (TPSA) is 121 Å². The minimum absolute atomic E-state index is 0.00320. The summed E-state index contributed by atoms with van der Waals surface area (Å²) < 4.78 is 33.3. The molecular weight excluding hydrogens is 592 g/mol. The van der Waals surface area contributed by atoms with Crippen LogP contribution in [0.15, 0.2) is 88.7 Å². The Morgan fingerprint density at radius 1 is 0.932 bits per heavy atom. The van der Waals surface area contributed by atoms with Crippen molar-refractivity contribution in [2.45, 2.75) is 13.1 Å². The Bertz CT molecular complexity index is 2130. The maximum atomic E-state index is 14.9. The minimum atomic E-state index is -0.845. The lowest BCUT2D eigenvalue weighted by Crippen LogP contribution is -2.39. The summed E-state index contributed by atoms with van der Waals surface area (Å²) in [4.78, 5) is 46.4. The fraction of sp³-hybridized carbons (Fsp3) is 0.133. The summed E-state index contributed by atoms with van der Waals surface area (Å²) in [6.45, 7) is -0.247. The van der Waals surface area contributed by atoms with Gasteiger partial charge >= 0.3 is 5.69 Å². The van der Waals surface area contributed by atoms with Gasteiger partial charge in [-0.15, -0.1) is 11.3 Å². The van der Waals surface area contributed by atoms with Crippen molar-refractivity contribution in [3.05, 3.63) is 133 Å². The fourth-order valence-electron chi connectivity index (χ4n) is 4.96. The zero-order valence-corrected chi connectivity index (χ0v) is 24.2. The van der Waals surface area contributed by atoms with E-state index in [9.17, 15) is 28.5 Å². The second-order valence-electron chi connectivity index (χ2n) is 10.1. The van der Waals surface area contributed by atoms with Gasteiger partial charge in [0.15, 0.2) is 5.82 Å². The monoisotopic (exact) mass is 615 g/mol. The lowest BCUT2D eigenvalue weighted by atomic mass is 10.1. The zero-order chi connectivity index (χ0) is 31.1. The van der Waals surface area contributed by atoms with E-state index in [1.807, 2.05) is 19.0 Å². The van der Waals surface area contributed by atoms with Crippen LogP contribution in [0.3, 0.4) is 0 Å². The van der Waals surface area contributed by atoms with E-state index >= 15 is 0 Å². The van der Waals surface area contributed by atoms with Gasteiger partial charge in [0.25, 0.3) is 11.2 Å². The van der Waals surface area contributed by atoms with Crippen molar-refractivity contribution in [2.24, 2.45) is 0 Å². The Kier molecular flexibility index (Phi) is 7.45. The number of pyridine rings is 1. The van der Waals surface area contributed by atoms with Gasteiger partial charge in [0.1, 0.15) is 22.3 Å². The van der Waals surface area contributed by atoms with Crippen LogP contribution in [0.5, 0.6) is 0 Å². The normalized spacial score (nSPS) is 11.5. The lowest BCUT2D eigenvalue weighted by Gasteiger charge is -2.15. The smallest absolute Gasteiger partial charge is 0.305 e. The predicted octanol–water partition coefficient (Wildman–Crippen LogP) is 4.76. The molecule has 0 saturated heterocycles. The Morgan fingerprint density at radius 2 is 1.61 bits per heavy atom. The molecule has 0 N–H and O–H groups in total. The van der Waals surface area contributed by atoms with E-state index in [1.165, 1.54) is 33.5 Å². The van der Waals surface area contributed by atoms with Gasteiger partial charge in [0.05, 0.1) is 16.9 Å². The third-order valence-electron chi connectivity index (χ3n) is 6.95. The standard InChI is InChI=1S/C30H23F2N7O4S/c1-35(2)16-21-26-28(40)38(25-9-4-8-24(34-25)37-15-5-14-33-37)30(41)36(17-20-22(31)6-3-7-23(20)32)29(26)44-27(21)18-10-12-19(13-11-18)39(42)43/h3-15H,16-17H2,1-2H3. The van der Waals surface area contributed by atoms with E-state index in [-0.39, 0.29) is 33.8 Å². The first kappa shape index (κ1) is 28.8. The molecule has 0 bridgehead atoms. The second kappa shape index (κ2) is 11.4. The van der Waals surface area contributed by atoms with Crippen LogP contribution in [-0.4, -0.2) is 47.8 Å². The van der Waals surface area contributed by atoms with Crippen molar-refractivity contribution in [1.82, 2.24) is 28.8 Å². The van der Waals surface area contributed by atoms with Gasteiger partial charge in [-0.3, -0.25) is 19.5 Å². The van der Waals surface area contributed by atoms with Gasteiger partial charge in [-0.2, -0.15) is 5.10 Å². The number of nitrogens with zero attached hydrogens (tertiary/aromatic N) is 7. The minimum Gasteiger partial charge on any atom is -0.305 e. The van der Waals surface area contributed by atoms with E-state index in [4.69, 9.17) is 0 Å². The van der Waals surface area contributed by atoms with Crippen molar-refractivity contribution in [3.63, 3.8) is 0 Å². The number of hydrogen-bond acceptors (Lipinski definition) is 8. The summed E-state index contributed by atoms with van der Waals surface area (Å²) in [5, 5.41) is 15.6. The first-order chi connectivity index (χ1) is 21.1. The number of aromatic nitrogens is 5. The molecule has 4 heterocycles. The molecule has 44 heavy (non-hydrogen) atoms. The van der Waals surface area contributed by atoms with Crippen LogP contribution < -0.4 is 11.2 Å². The number of non-ortho nitro benzene ring substituents is 1. The molecule has 4 aromatic heterocycles. The van der Waals surface area contributed by atoms with Gasteiger partial charge in [0.2, 0.25) is 0 Å². The van der Waals surface area contributed by atoms with Crippen molar-refractivity contribution < 1.29 is 13.7 Å². The maximum absolute atomic E-state index is 14.9. The van der Waals surface area contributed by atoms with Crippen LogP contribution in [0, 0.1) is 21.7 Å². The molecule has 0 amide bonds. The quantitative estimate of drug-likeness (QED) is 0.179. The number of halogens is 2. The van der Waals surface area contributed by atoms with Gasteiger partial charge in [-0.05, 0) is 67.7 Å². The number of hydrogen-bond donors (Lipinski definition) is 0. The number of thiophene rings is 1. The van der Waals surface area contributed by atoms with Crippen LogP contribution in [-0.2, 0) is 13.1 Å². The van der Waals surface area contributed by atoms with Crippen LogP contribution in [0.1, 0.15) is 11.1 Å². The second-order valence-corrected chi connectivity index (χ2v) is 11.1. The van der Waals surface area contributed by atoms with Crippen LogP contribution >= 0.6 is 11.3 Å². The molecule has 11 nitrogen and oxygen atoms in total. The van der Waals surface area contributed by atoms with Crippen LogP contribution in [0.2, 0.25) is 0 Å². The van der Waals surface area contributed by atoms with Gasteiger partial charge in [-0.1, -0.05) is 12.1 Å². The molecule has 0 fully saturated rings. The van der Waals surface area contributed by atoms with Gasteiger partial charge < -0.3 is 4.90 Å². The molecule has 0 atom stereocenters. The van der Waals surface area contributed by atoms with E-state index in [1.54, 1.807) is 42.7 Å². The summed E-state index contributed by atoms with van der Waals surface area (Å²) in [7, 11) is 3.61. The van der Waals surface area contributed by atoms with Crippen molar-refractivity contribution in [1.29, 1.82) is 0 Å². The Morgan fingerprint density at radius 3 is 2.25 bits per heavy atom. The van der Waals surface area contributed by atoms with Crippen LogP contribution in [0.4, 0.5) is 14.5 Å². The van der Waals surface area contributed by atoms with Crippen molar-refractivity contribution in [3.8, 4) is 22.1 Å². The third kappa shape index (κ3) is 5.09. The SMILES string of the molecule is CN(C)Cc1c(-c2ccc([N+](=O)[O-])cc2)sc2c1c(=O)n(-c1cccc(-n3cccn3)n1)c(=O)n2Cc1c(F)cccc1F. The number of nitro groups is 1. The molecule has 0 aliphatic rings. The van der Waals surface area contributed by atoms with Crippen molar-refractivity contribution in [2.75, 3.05) is 14.1 Å². The highest BCUT2D eigenvalue weighted by Gasteiger charge is 2.26. The molecule has 2 aromatic carbocycles. The number of fused-ring (bicyclic) bond motifs is 1. The van der Waals surface area contributed by atoms with Gasteiger partial charge in [0, 0.05) is 41.5 Å². The predicted molar refractivity (Wildman–Crippen MR) is 162 cm³/mol. The highest BCUT2D eigenvalue weighted by Crippen LogP contribution is 2.38. The van der Waals surface area contributed by atoms with E-state index in [2.05, 4.69) is 10.1 Å². The molecule has 0 unspecified atom stereocenters. The summed E-state index contributed by atoms with van der Waals surface area (Å²) in [5.41, 5.74) is -0.840. The zero-order valence-electron chi connectivity index (χ0n) is 23.3. The average molecular weight is 616 g/mol. The van der Waals surface area contributed by atoms with Crippen LogP contribution in [0.25, 0.3) is 32.3 Å². The number of rotatable bonds is 8. The Balaban J connectivity index is 1.69. The summed E-state index contributed by atoms with van der Waals surface area (Å²) in [6, 6.07) is 15.7. The first-order valence-electron chi connectivity index (χ1n) is 13.2. The Hall–Kier alpha value is -5.34. The number of benzene rings is 2. The molecule has 14 heteroatoms. The highest BCUT2D eigenvalue weighted by atomic mass is 32.1. The van der Waals surface area contributed by atoms with E-state index in [0.717, 1.165) is 28.0 Å². The maximum Gasteiger partial charge on any atom is 0.338 e. The molecular formula is C30H23F2N7O4S. The summed E-state index contributed by atoms with van der Waals surface area (Å²) in [5.74, 6) is -1.35. The molecule has 0 aliphatic heterocycles. The van der Waals surface area contributed by atoms with Gasteiger partial charge in [-0.25, -0.2) is 27.8 Å². The average Bonchev–Trinajstić information content (AvgIpc) is 3.66. The summed E-state index contributed by atoms with van der Waals surface area (Å²) in [6.07, 6.45) is 3.21. The molecule has 0 spiro atoms. The molecule has 6 rings (SSSR count). The Labute approximate surface area is 251 Å². The lowest BCUT2D eigenvalue weighted by molar-refractivity contribution is -0.384. The number of nitro benzene ring substituents is 1. The molecule has 6 aromatic rings.